The van der Waals surface area contributed by atoms with Crippen LogP contribution in [-0.4, -0.2) is 35.9 Å². The van der Waals surface area contributed by atoms with Gasteiger partial charge in [0.1, 0.15) is 5.54 Å². The van der Waals surface area contributed by atoms with E-state index in [4.69, 9.17) is 9.84 Å². The number of nitrogens with one attached hydrogen (secondary N) is 1. The Labute approximate surface area is 91.0 Å². The molecule has 1 heterocycles. The van der Waals surface area contributed by atoms with Crippen LogP contribution in [0, 0.1) is 0 Å². The molecular weight excluding hydrogens is 194 g/mol. The van der Waals surface area contributed by atoms with Crippen molar-refractivity contribution in [1.29, 1.82) is 0 Å². The zero-order chi connectivity index (χ0) is 11.3. The molecule has 1 fully saturated rings. The summed E-state index contributed by atoms with van der Waals surface area (Å²) in [5.74, 6) is -0.806. The molecule has 1 saturated heterocycles. The van der Waals surface area contributed by atoms with Gasteiger partial charge in [0, 0.05) is 6.61 Å². The molecule has 1 rings (SSSR count). The summed E-state index contributed by atoms with van der Waals surface area (Å²) in [6.07, 6.45) is 4.73. The molecule has 1 aliphatic rings. The first-order valence-electron chi connectivity index (χ1n) is 5.62. The summed E-state index contributed by atoms with van der Waals surface area (Å²) < 4.78 is 5.49. The van der Waals surface area contributed by atoms with Crippen molar-refractivity contribution in [2.45, 2.75) is 51.2 Å². The van der Waals surface area contributed by atoms with Crippen molar-refractivity contribution < 1.29 is 14.6 Å². The average molecular weight is 215 g/mol. The molecule has 0 spiro atoms. The van der Waals surface area contributed by atoms with E-state index >= 15 is 0 Å². The molecule has 4 nitrogen and oxygen atoms in total. The minimum Gasteiger partial charge on any atom is -0.480 e. The molecule has 0 bridgehead atoms. The van der Waals surface area contributed by atoms with Crippen LogP contribution < -0.4 is 5.32 Å². The maximum atomic E-state index is 10.8. The predicted octanol–water partition coefficient (Wildman–Crippen LogP) is 1.40. The lowest BCUT2D eigenvalue weighted by Crippen LogP contribution is -2.47. The summed E-state index contributed by atoms with van der Waals surface area (Å²) in [4.78, 5) is 10.8. The maximum Gasteiger partial charge on any atom is 0.323 e. The van der Waals surface area contributed by atoms with E-state index in [-0.39, 0.29) is 0 Å². The number of hydrogen-bond donors (Lipinski definition) is 2. The number of carboxylic acids is 1. The zero-order valence-corrected chi connectivity index (χ0v) is 9.58. The van der Waals surface area contributed by atoms with E-state index in [1.165, 1.54) is 6.42 Å². The Morgan fingerprint density at radius 1 is 1.60 bits per heavy atom. The van der Waals surface area contributed by atoms with Crippen LogP contribution in [0.25, 0.3) is 0 Å². The number of ether oxygens (including phenoxy) is 1. The minimum atomic E-state index is -0.823. The second-order valence-corrected chi connectivity index (χ2v) is 4.63. The lowest BCUT2D eigenvalue weighted by atomic mass is 10.1. The molecule has 1 atom stereocenters. The van der Waals surface area contributed by atoms with E-state index in [0.717, 1.165) is 32.4 Å². The van der Waals surface area contributed by atoms with Gasteiger partial charge in [-0.15, -0.1) is 0 Å². The number of rotatable bonds is 6. The highest BCUT2D eigenvalue weighted by Crippen LogP contribution is 2.16. The highest BCUT2D eigenvalue weighted by Gasteiger charge is 2.25. The van der Waals surface area contributed by atoms with Gasteiger partial charge in [0.15, 0.2) is 0 Å². The second kappa shape index (κ2) is 5.47. The fourth-order valence-corrected chi connectivity index (χ4v) is 1.68. The Balaban J connectivity index is 2.08. The molecule has 0 aromatic rings. The summed E-state index contributed by atoms with van der Waals surface area (Å²) in [5.41, 5.74) is -0.823. The van der Waals surface area contributed by atoms with Gasteiger partial charge in [-0.3, -0.25) is 4.79 Å². The normalized spacial score (nSPS) is 21.9. The van der Waals surface area contributed by atoms with Gasteiger partial charge in [0.2, 0.25) is 0 Å². The van der Waals surface area contributed by atoms with Gasteiger partial charge in [0.25, 0.3) is 0 Å². The fourth-order valence-electron chi connectivity index (χ4n) is 1.68. The molecule has 0 radical (unpaired) electrons. The molecule has 0 aliphatic carbocycles. The van der Waals surface area contributed by atoms with E-state index in [1.807, 2.05) is 0 Å². The van der Waals surface area contributed by atoms with Crippen LogP contribution in [0.1, 0.15) is 39.5 Å². The summed E-state index contributed by atoms with van der Waals surface area (Å²) in [6, 6.07) is 0. The molecule has 0 aromatic carbocycles. The van der Waals surface area contributed by atoms with Gasteiger partial charge in [-0.1, -0.05) is 0 Å². The average Bonchev–Trinajstić information content (AvgIpc) is 2.64. The van der Waals surface area contributed by atoms with Crippen LogP contribution in [-0.2, 0) is 9.53 Å². The first-order chi connectivity index (χ1) is 7.02. The lowest BCUT2D eigenvalue weighted by Gasteiger charge is -2.21. The Morgan fingerprint density at radius 3 is 2.87 bits per heavy atom. The molecule has 1 aliphatic heterocycles. The molecule has 1 unspecified atom stereocenters. The first-order valence-corrected chi connectivity index (χ1v) is 5.62. The fraction of sp³-hybridized carbons (Fsp3) is 0.909. The molecule has 0 amide bonds. The van der Waals surface area contributed by atoms with Gasteiger partial charge in [0.05, 0.1) is 6.10 Å². The van der Waals surface area contributed by atoms with Gasteiger partial charge in [-0.25, -0.2) is 0 Å². The van der Waals surface area contributed by atoms with Gasteiger partial charge < -0.3 is 15.2 Å². The Hall–Kier alpha value is -0.610. The second-order valence-electron chi connectivity index (χ2n) is 4.63. The molecule has 0 saturated carbocycles. The van der Waals surface area contributed by atoms with Crippen LogP contribution in [0.3, 0.4) is 0 Å². The number of carbonyl (C=O) groups is 1. The van der Waals surface area contributed by atoms with Gasteiger partial charge in [-0.05, 0) is 46.1 Å². The SMILES string of the molecule is CC(C)(NCCCC1CCCO1)C(=O)O. The Kier molecular flexibility index (Phi) is 4.54. The van der Waals surface area contributed by atoms with E-state index in [2.05, 4.69) is 5.32 Å². The van der Waals surface area contributed by atoms with Gasteiger partial charge in [-0.2, -0.15) is 0 Å². The highest BCUT2D eigenvalue weighted by molar-refractivity contribution is 5.77. The van der Waals surface area contributed by atoms with Crippen LogP contribution in [0.5, 0.6) is 0 Å². The molecule has 4 heteroatoms. The van der Waals surface area contributed by atoms with Crippen molar-refractivity contribution in [2.75, 3.05) is 13.2 Å². The Bertz CT molecular complexity index is 210. The summed E-state index contributed by atoms with van der Waals surface area (Å²) in [6.45, 7) is 4.99. The third-order valence-electron chi connectivity index (χ3n) is 2.83. The highest BCUT2D eigenvalue weighted by atomic mass is 16.5. The van der Waals surface area contributed by atoms with E-state index < -0.39 is 11.5 Å². The lowest BCUT2D eigenvalue weighted by molar-refractivity contribution is -0.143. The van der Waals surface area contributed by atoms with Crippen molar-refractivity contribution in [1.82, 2.24) is 5.32 Å². The van der Waals surface area contributed by atoms with Crippen LogP contribution in [0.4, 0.5) is 0 Å². The van der Waals surface area contributed by atoms with Gasteiger partial charge >= 0.3 is 5.97 Å². The van der Waals surface area contributed by atoms with Crippen molar-refractivity contribution in [2.24, 2.45) is 0 Å². The summed E-state index contributed by atoms with van der Waals surface area (Å²) in [5, 5.41) is 11.9. The van der Waals surface area contributed by atoms with Crippen LogP contribution >= 0.6 is 0 Å². The molecule has 2 N–H and O–H groups in total. The smallest absolute Gasteiger partial charge is 0.323 e. The maximum absolute atomic E-state index is 10.8. The summed E-state index contributed by atoms with van der Waals surface area (Å²) in [7, 11) is 0. The Morgan fingerprint density at radius 2 is 2.33 bits per heavy atom. The topological polar surface area (TPSA) is 58.6 Å². The standard InChI is InChI=1S/C11H21NO3/c1-11(2,10(13)14)12-7-3-5-9-6-4-8-15-9/h9,12H,3-8H2,1-2H3,(H,13,14). The largest absolute Gasteiger partial charge is 0.480 e. The predicted molar refractivity (Wildman–Crippen MR) is 57.9 cm³/mol. The molecule has 15 heavy (non-hydrogen) atoms. The van der Waals surface area contributed by atoms with Crippen LogP contribution in [0.15, 0.2) is 0 Å². The van der Waals surface area contributed by atoms with E-state index in [0.29, 0.717) is 6.10 Å². The van der Waals surface area contributed by atoms with Crippen molar-refractivity contribution in [3.63, 3.8) is 0 Å². The number of carboxylic acid groups (broad SMARTS) is 1. The van der Waals surface area contributed by atoms with Crippen molar-refractivity contribution in [3.8, 4) is 0 Å². The van der Waals surface area contributed by atoms with Crippen molar-refractivity contribution >= 4 is 5.97 Å². The summed E-state index contributed by atoms with van der Waals surface area (Å²) >= 11 is 0. The monoisotopic (exact) mass is 215 g/mol. The number of aliphatic carboxylic acids is 1. The van der Waals surface area contributed by atoms with E-state index in [9.17, 15) is 4.79 Å². The third-order valence-corrected chi connectivity index (χ3v) is 2.83. The minimum absolute atomic E-state index is 0.403. The van der Waals surface area contributed by atoms with E-state index in [1.54, 1.807) is 13.8 Å². The third kappa shape index (κ3) is 4.18. The van der Waals surface area contributed by atoms with Crippen molar-refractivity contribution in [3.05, 3.63) is 0 Å². The first kappa shape index (κ1) is 12.5. The molecular formula is C11H21NO3. The quantitative estimate of drug-likeness (QED) is 0.657. The zero-order valence-electron chi connectivity index (χ0n) is 9.58. The number of hydrogen-bond acceptors (Lipinski definition) is 3. The molecule has 0 aromatic heterocycles. The molecule has 88 valence electrons. The van der Waals surface area contributed by atoms with Crippen LogP contribution in [0.2, 0.25) is 0 Å².